The molecule has 0 saturated carbocycles. The zero-order chi connectivity index (χ0) is 23.1. The fraction of sp³-hybridized carbons (Fsp3) is 0.182. The molecule has 0 unspecified atom stereocenters. The van der Waals surface area contributed by atoms with Gasteiger partial charge in [-0.25, -0.2) is 13.4 Å². The first-order valence-electron chi connectivity index (χ1n) is 9.36. The summed E-state index contributed by atoms with van der Waals surface area (Å²) in [6.07, 6.45) is -1.39. The van der Waals surface area contributed by atoms with E-state index in [-0.39, 0.29) is 16.4 Å². The maximum atomic E-state index is 13.1. The van der Waals surface area contributed by atoms with E-state index in [0.717, 1.165) is 17.7 Å². The highest BCUT2D eigenvalue weighted by Gasteiger charge is 2.31. The lowest BCUT2D eigenvalue weighted by Gasteiger charge is -2.15. The Balaban J connectivity index is 1.84. The first-order valence-corrected chi connectivity index (χ1v) is 11.9. The molecule has 4 aromatic rings. The standard InChI is InChI=1S/C22H17F3N2O3S2/c1-13-11-27-21(17-5-3-14(22(23,24)25)9-19(17)30-2)16-6-4-15(10-18(13)16)32(28,29)12-20-26-7-8-31-20/h3-11H,12H2,1-2H3. The second kappa shape index (κ2) is 8.18. The topological polar surface area (TPSA) is 69.2 Å². The number of nitrogens with zero attached hydrogens (tertiary/aromatic N) is 2. The van der Waals surface area contributed by atoms with Gasteiger partial charge in [-0.2, -0.15) is 13.2 Å². The average Bonchev–Trinajstić information content (AvgIpc) is 3.25. The summed E-state index contributed by atoms with van der Waals surface area (Å²) in [5, 5.41) is 3.45. The second-order valence-corrected chi connectivity index (χ2v) is 10.1. The van der Waals surface area contributed by atoms with Crippen LogP contribution in [0.4, 0.5) is 13.2 Å². The van der Waals surface area contributed by atoms with Crippen LogP contribution in [0.1, 0.15) is 16.1 Å². The van der Waals surface area contributed by atoms with Gasteiger partial charge in [-0.3, -0.25) is 4.98 Å². The minimum Gasteiger partial charge on any atom is -0.496 e. The van der Waals surface area contributed by atoms with E-state index >= 15 is 0 Å². The Hall–Kier alpha value is -2.98. The Morgan fingerprint density at radius 1 is 1.06 bits per heavy atom. The maximum absolute atomic E-state index is 13.1. The Kier molecular flexibility index (Phi) is 5.68. The van der Waals surface area contributed by atoms with E-state index in [2.05, 4.69) is 9.97 Å². The summed E-state index contributed by atoms with van der Waals surface area (Å²) in [6.45, 7) is 1.79. The molecule has 0 spiro atoms. The van der Waals surface area contributed by atoms with Crippen molar-refractivity contribution in [1.29, 1.82) is 0 Å². The summed E-state index contributed by atoms with van der Waals surface area (Å²) in [6, 6.07) is 7.87. The third-order valence-corrected chi connectivity index (χ3v) is 7.59. The predicted molar refractivity (Wildman–Crippen MR) is 116 cm³/mol. The number of alkyl halides is 3. The number of pyridine rings is 1. The molecule has 0 aliphatic heterocycles. The monoisotopic (exact) mass is 478 g/mol. The van der Waals surface area contributed by atoms with Crippen molar-refractivity contribution in [2.75, 3.05) is 7.11 Å². The van der Waals surface area contributed by atoms with Crippen molar-refractivity contribution in [3.05, 3.63) is 70.3 Å². The fourth-order valence-corrected chi connectivity index (χ4v) is 5.68. The molecule has 0 amide bonds. The lowest BCUT2D eigenvalue weighted by atomic mass is 9.99. The van der Waals surface area contributed by atoms with Gasteiger partial charge >= 0.3 is 6.18 Å². The number of methoxy groups -OCH3 is 1. The quantitative estimate of drug-likeness (QED) is 0.370. The molecule has 2 heterocycles. The average molecular weight is 479 g/mol. The van der Waals surface area contributed by atoms with Crippen molar-refractivity contribution in [2.45, 2.75) is 23.7 Å². The molecule has 0 N–H and O–H groups in total. The van der Waals surface area contributed by atoms with Gasteiger partial charge in [0.1, 0.15) is 16.5 Å². The molecule has 0 saturated heterocycles. The molecule has 4 rings (SSSR count). The maximum Gasteiger partial charge on any atom is 0.416 e. The Morgan fingerprint density at radius 2 is 1.84 bits per heavy atom. The highest BCUT2D eigenvalue weighted by atomic mass is 32.2. The molecule has 0 aliphatic rings. The molecule has 0 bridgehead atoms. The van der Waals surface area contributed by atoms with Crippen LogP contribution in [0.3, 0.4) is 0 Å². The van der Waals surface area contributed by atoms with Crippen LogP contribution in [0.5, 0.6) is 5.75 Å². The lowest BCUT2D eigenvalue weighted by Crippen LogP contribution is -2.06. The van der Waals surface area contributed by atoms with Crippen molar-refractivity contribution in [2.24, 2.45) is 0 Å². The highest BCUT2D eigenvalue weighted by Crippen LogP contribution is 2.39. The second-order valence-electron chi connectivity index (χ2n) is 7.09. The molecule has 166 valence electrons. The Morgan fingerprint density at radius 3 is 2.50 bits per heavy atom. The molecule has 0 atom stereocenters. The number of hydrogen-bond acceptors (Lipinski definition) is 6. The molecule has 10 heteroatoms. The molecule has 2 aromatic carbocycles. The zero-order valence-corrected chi connectivity index (χ0v) is 18.6. The van der Waals surface area contributed by atoms with E-state index in [4.69, 9.17) is 4.74 Å². The number of halogens is 3. The molecule has 0 fully saturated rings. The number of rotatable bonds is 5. The van der Waals surface area contributed by atoms with Gasteiger partial charge in [0.05, 0.1) is 23.3 Å². The number of benzene rings is 2. The number of fused-ring (bicyclic) bond motifs is 1. The largest absolute Gasteiger partial charge is 0.496 e. The summed E-state index contributed by atoms with van der Waals surface area (Å²) in [7, 11) is -2.34. The summed E-state index contributed by atoms with van der Waals surface area (Å²) in [5.41, 5.74) is 0.690. The number of aryl methyl sites for hydroxylation is 1. The SMILES string of the molecule is COc1cc(C(F)(F)F)ccc1-c1ncc(C)c2cc(S(=O)(=O)Cc3nccs3)ccc12. The van der Waals surface area contributed by atoms with E-state index in [9.17, 15) is 21.6 Å². The van der Waals surface area contributed by atoms with Gasteiger partial charge in [-0.15, -0.1) is 11.3 Å². The van der Waals surface area contributed by atoms with Crippen LogP contribution in [-0.2, 0) is 21.8 Å². The van der Waals surface area contributed by atoms with Crippen molar-refractivity contribution in [1.82, 2.24) is 9.97 Å². The number of ether oxygens (including phenoxy) is 1. The minimum absolute atomic E-state index is 0.0259. The zero-order valence-electron chi connectivity index (χ0n) is 17.0. The summed E-state index contributed by atoms with van der Waals surface area (Å²) in [4.78, 5) is 8.59. The van der Waals surface area contributed by atoms with E-state index in [1.165, 1.54) is 30.6 Å². The van der Waals surface area contributed by atoms with Crippen molar-refractivity contribution < 1.29 is 26.3 Å². The number of aromatic nitrogens is 2. The van der Waals surface area contributed by atoms with Crippen LogP contribution in [0.25, 0.3) is 22.0 Å². The van der Waals surface area contributed by atoms with Gasteiger partial charge in [0.15, 0.2) is 9.84 Å². The van der Waals surface area contributed by atoms with Gasteiger partial charge in [-0.1, -0.05) is 6.07 Å². The summed E-state index contributed by atoms with van der Waals surface area (Å²) in [5.74, 6) is -0.183. The van der Waals surface area contributed by atoms with Gasteiger partial charge in [0, 0.05) is 28.7 Å². The highest BCUT2D eigenvalue weighted by molar-refractivity contribution is 7.90. The van der Waals surface area contributed by atoms with Gasteiger partial charge in [0.25, 0.3) is 0 Å². The number of hydrogen-bond donors (Lipinski definition) is 0. The first kappa shape index (κ1) is 22.2. The van der Waals surface area contributed by atoms with E-state index in [1.54, 1.807) is 36.8 Å². The molecule has 5 nitrogen and oxygen atoms in total. The van der Waals surface area contributed by atoms with Crippen LogP contribution in [-0.4, -0.2) is 25.5 Å². The van der Waals surface area contributed by atoms with Crippen LogP contribution in [0.2, 0.25) is 0 Å². The Bertz CT molecular complexity index is 1400. The molecule has 32 heavy (non-hydrogen) atoms. The first-order chi connectivity index (χ1) is 15.1. The van der Waals surface area contributed by atoms with E-state index in [1.807, 2.05) is 0 Å². The third-order valence-electron chi connectivity index (χ3n) is 5.00. The predicted octanol–water partition coefficient (Wildman–Crippen LogP) is 5.67. The van der Waals surface area contributed by atoms with Gasteiger partial charge in [-0.05, 0) is 48.2 Å². The Labute approximate surface area is 186 Å². The molecule has 0 aliphatic carbocycles. The van der Waals surface area contributed by atoms with E-state index < -0.39 is 21.6 Å². The molecular formula is C22H17F3N2O3S2. The fourth-order valence-electron chi connectivity index (χ4n) is 3.40. The van der Waals surface area contributed by atoms with Crippen molar-refractivity contribution in [3.63, 3.8) is 0 Å². The van der Waals surface area contributed by atoms with E-state index in [0.29, 0.717) is 27.0 Å². The normalized spacial score (nSPS) is 12.3. The summed E-state index contributed by atoms with van der Waals surface area (Å²) < 4.78 is 70.3. The third kappa shape index (κ3) is 4.20. The van der Waals surface area contributed by atoms with Crippen LogP contribution >= 0.6 is 11.3 Å². The van der Waals surface area contributed by atoms with Gasteiger partial charge < -0.3 is 4.74 Å². The molecule has 0 radical (unpaired) electrons. The minimum atomic E-state index is -4.50. The van der Waals surface area contributed by atoms with Crippen LogP contribution in [0.15, 0.2) is 59.1 Å². The molecular weight excluding hydrogens is 461 g/mol. The van der Waals surface area contributed by atoms with Gasteiger partial charge in [0.2, 0.25) is 0 Å². The number of thiazole rings is 1. The van der Waals surface area contributed by atoms with Crippen LogP contribution in [0, 0.1) is 6.92 Å². The molecule has 2 aromatic heterocycles. The van der Waals surface area contributed by atoms with Crippen molar-refractivity contribution in [3.8, 4) is 17.0 Å². The van der Waals surface area contributed by atoms with Crippen LogP contribution < -0.4 is 4.74 Å². The van der Waals surface area contributed by atoms with Crippen molar-refractivity contribution >= 4 is 31.9 Å². The number of sulfone groups is 1. The lowest BCUT2D eigenvalue weighted by molar-refractivity contribution is -0.137. The summed E-state index contributed by atoms with van der Waals surface area (Å²) >= 11 is 1.26. The smallest absolute Gasteiger partial charge is 0.416 e.